The van der Waals surface area contributed by atoms with Gasteiger partial charge < -0.3 is 14.8 Å². The second-order valence-electron chi connectivity index (χ2n) is 6.98. The Bertz CT molecular complexity index is 982. The Morgan fingerprint density at radius 1 is 1.07 bits per heavy atom. The average Bonchev–Trinajstić information content (AvgIpc) is 3.02. The smallest absolute Gasteiger partial charge is 0.251 e. The number of nitrogens with one attached hydrogen (secondary N) is 1. The Balaban J connectivity index is 1.43. The molecule has 7 heteroatoms. The minimum Gasteiger partial charge on any atom is -0.497 e. The van der Waals surface area contributed by atoms with Crippen LogP contribution in [0.1, 0.15) is 33.7 Å². The summed E-state index contributed by atoms with van der Waals surface area (Å²) in [4.78, 5) is 12.3. The molecule has 0 spiro atoms. The third-order valence-corrected chi connectivity index (χ3v) is 5.35. The van der Waals surface area contributed by atoms with Crippen LogP contribution in [0.3, 0.4) is 0 Å². The summed E-state index contributed by atoms with van der Waals surface area (Å²) in [5, 5.41) is 8.04. The first kappa shape index (κ1) is 21.7. The number of aryl methyl sites for hydroxylation is 2. The van der Waals surface area contributed by atoms with Crippen molar-refractivity contribution in [1.29, 1.82) is 0 Å². The number of carbonyl (C=O) groups is 1. The zero-order valence-corrected chi connectivity index (χ0v) is 18.2. The van der Waals surface area contributed by atoms with Gasteiger partial charge in [0, 0.05) is 18.7 Å². The number of hydrogen-bond acceptors (Lipinski definition) is 4. The summed E-state index contributed by atoms with van der Waals surface area (Å²) < 4.78 is 12.8. The molecule has 0 unspecified atom stereocenters. The Kier molecular flexibility index (Phi) is 7.36. The molecule has 3 rings (SSSR count). The van der Waals surface area contributed by atoms with Crippen LogP contribution in [0.15, 0.2) is 48.5 Å². The van der Waals surface area contributed by atoms with E-state index in [-0.39, 0.29) is 5.91 Å². The Morgan fingerprint density at radius 2 is 1.73 bits per heavy atom. The topological polar surface area (TPSA) is 65.4 Å². The number of carbonyl (C=O) groups excluding carboxylic acids is 1. The number of nitrogens with zero attached hydrogens (tertiary/aromatic N) is 2. The van der Waals surface area contributed by atoms with Crippen LogP contribution in [0.25, 0.3) is 0 Å². The first-order valence-electron chi connectivity index (χ1n) is 9.81. The lowest BCUT2D eigenvalue weighted by Crippen LogP contribution is -2.25. The summed E-state index contributed by atoms with van der Waals surface area (Å²) >= 11 is 6.16. The Morgan fingerprint density at radius 3 is 2.33 bits per heavy atom. The van der Waals surface area contributed by atoms with Gasteiger partial charge in [-0.15, -0.1) is 0 Å². The number of ether oxygens (including phenoxy) is 2. The van der Waals surface area contributed by atoms with Crippen molar-refractivity contribution in [3.63, 3.8) is 0 Å². The number of halogens is 1. The molecule has 1 N–H and O–H groups in total. The maximum Gasteiger partial charge on any atom is 0.251 e. The summed E-state index contributed by atoms with van der Waals surface area (Å²) in [7, 11) is 1.63. The molecule has 3 aromatic rings. The van der Waals surface area contributed by atoms with Gasteiger partial charge in [-0.3, -0.25) is 9.48 Å². The summed E-state index contributed by atoms with van der Waals surface area (Å²) in [5.74, 6) is 1.46. The highest BCUT2D eigenvalue weighted by Gasteiger charge is 2.09. The molecule has 0 saturated heterocycles. The molecular formula is C23H26ClN3O3. The molecule has 0 atom stereocenters. The summed E-state index contributed by atoms with van der Waals surface area (Å²) in [6, 6.07) is 14.8. The molecule has 0 radical (unpaired) electrons. The van der Waals surface area contributed by atoms with Crippen molar-refractivity contribution in [3.05, 3.63) is 76.1 Å². The van der Waals surface area contributed by atoms with Crippen LogP contribution in [-0.4, -0.2) is 29.3 Å². The van der Waals surface area contributed by atoms with Gasteiger partial charge in [0.15, 0.2) is 0 Å². The largest absolute Gasteiger partial charge is 0.497 e. The summed E-state index contributed by atoms with van der Waals surface area (Å²) in [5.41, 5.74) is 3.39. The maximum absolute atomic E-state index is 12.3. The van der Waals surface area contributed by atoms with Crippen LogP contribution < -0.4 is 14.8 Å². The number of aromatic nitrogens is 2. The summed E-state index contributed by atoms with van der Waals surface area (Å²) in [6.07, 6.45) is 0.776. The van der Waals surface area contributed by atoms with Crippen molar-refractivity contribution < 1.29 is 14.3 Å². The van der Waals surface area contributed by atoms with Gasteiger partial charge in [0.2, 0.25) is 0 Å². The molecule has 0 aliphatic heterocycles. The molecule has 30 heavy (non-hydrogen) atoms. The van der Waals surface area contributed by atoms with Gasteiger partial charge in [-0.1, -0.05) is 23.7 Å². The zero-order chi connectivity index (χ0) is 21.5. The lowest BCUT2D eigenvalue weighted by Gasteiger charge is -2.09. The molecule has 6 nitrogen and oxygen atoms in total. The normalized spacial score (nSPS) is 10.7. The van der Waals surface area contributed by atoms with Crippen molar-refractivity contribution in [1.82, 2.24) is 15.1 Å². The molecule has 1 amide bonds. The molecule has 1 aromatic heterocycles. The monoisotopic (exact) mass is 427 g/mol. The fraction of sp³-hybridized carbons (Fsp3) is 0.304. The van der Waals surface area contributed by atoms with E-state index in [4.69, 9.17) is 21.1 Å². The van der Waals surface area contributed by atoms with E-state index in [1.807, 2.05) is 67.1 Å². The first-order chi connectivity index (χ1) is 14.5. The van der Waals surface area contributed by atoms with E-state index in [0.717, 1.165) is 34.9 Å². The Labute approximate surface area is 181 Å². The van der Waals surface area contributed by atoms with Gasteiger partial charge >= 0.3 is 0 Å². The molecule has 2 aromatic carbocycles. The fourth-order valence-electron chi connectivity index (χ4n) is 3.02. The van der Waals surface area contributed by atoms with E-state index in [2.05, 4.69) is 10.4 Å². The van der Waals surface area contributed by atoms with E-state index in [1.165, 1.54) is 0 Å². The maximum atomic E-state index is 12.3. The van der Waals surface area contributed by atoms with Gasteiger partial charge in [0.1, 0.15) is 18.1 Å². The van der Waals surface area contributed by atoms with Crippen LogP contribution >= 0.6 is 11.6 Å². The average molecular weight is 428 g/mol. The highest BCUT2D eigenvalue weighted by Crippen LogP contribution is 2.19. The number of amides is 1. The minimum absolute atomic E-state index is 0.0935. The molecule has 158 valence electrons. The SMILES string of the molecule is COc1ccc(OCc2ccc(C(=O)NCCCn3nc(C)c(Cl)c3C)cc2)cc1. The van der Waals surface area contributed by atoms with E-state index in [9.17, 15) is 4.79 Å². The van der Waals surface area contributed by atoms with Crippen LogP contribution in [0.2, 0.25) is 5.02 Å². The molecule has 0 saturated carbocycles. The predicted octanol–water partition coefficient (Wildman–Crippen LogP) is 4.56. The Hall–Kier alpha value is -2.99. The first-order valence-corrected chi connectivity index (χ1v) is 10.2. The summed E-state index contributed by atoms with van der Waals surface area (Å²) in [6.45, 7) is 5.54. The standard InChI is InChI=1S/C23H26ClN3O3/c1-16-22(24)17(2)27(26-16)14-4-13-25-23(28)19-7-5-18(6-8-19)15-30-21-11-9-20(29-3)10-12-21/h5-12H,4,13-15H2,1-3H3,(H,25,28). The lowest BCUT2D eigenvalue weighted by atomic mass is 10.1. The van der Waals surface area contributed by atoms with Crippen LogP contribution in [0.4, 0.5) is 0 Å². The van der Waals surface area contributed by atoms with E-state index < -0.39 is 0 Å². The predicted molar refractivity (Wildman–Crippen MR) is 117 cm³/mol. The van der Waals surface area contributed by atoms with Gasteiger partial charge in [0.25, 0.3) is 5.91 Å². The third-order valence-electron chi connectivity index (χ3n) is 4.81. The van der Waals surface area contributed by atoms with E-state index in [0.29, 0.717) is 30.3 Å². The van der Waals surface area contributed by atoms with E-state index in [1.54, 1.807) is 7.11 Å². The van der Waals surface area contributed by atoms with Gasteiger partial charge in [-0.2, -0.15) is 5.10 Å². The van der Waals surface area contributed by atoms with Crippen LogP contribution in [-0.2, 0) is 13.2 Å². The molecular weight excluding hydrogens is 402 g/mol. The molecule has 0 aliphatic carbocycles. The van der Waals surface area contributed by atoms with Crippen molar-refractivity contribution in [2.24, 2.45) is 0 Å². The van der Waals surface area contributed by atoms with Crippen molar-refractivity contribution in [2.75, 3.05) is 13.7 Å². The van der Waals surface area contributed by atoms with Crippen molar-refractivity contribution in [3.8, 4) is 11.5 Å². The second kappa shape index (κ2) is 10.2. The van der Waals surface area contributed by atoms with Gasteiger partial charge in [-0.25, -0.2) is 0 Å². The number of hydrogen-bond donors (Lipinski definition) is 1. The van der Waals surface area contributed by atoms with Crippen molar-refractivity contribution >= 4 is 17.5 Å². The lowest BCUT2D eigenvalue weighted by molar-refractivity contribution is 0.0952. The fourth-order valence-corrected chi connectivity index (χ4v) is 3.15. The minimum atomic E-state index is -0.0935. The quantitative estimate of drug-likeness (QED) is 0.508. The van der Waals surface area contributed by atoms with Crippen LogP contribution in [0.5, 0.6) is 11.5 Å². The highest BCUT2D eigenvalue weighted by atomic mass is 35.5. The second-order valence-corrected chi connectivity index (χ2v) is 7.36. The number of rotatable bonds is 9. The number of benzene rings is 2. The molecule has 0 fully saturated rings. The molecule has 0 bridgehead atoms. The van der Waals surface area contributed by atoms with Gasteiger partial charge in [-0.05, 0) is 62.2 Å². The van der Waals surface area contributed by atoms with Crippen LogP contribution in [0, 0.1) is 13.8 Å². The third kappa shape index (κ3) is 5.54. The number of methoxy groups -OCH3 is 1. The zero-order valence-electron chi connectivity index (χ0n) is 17.4. The van der Waals surface area contributed by atoms with Crippen molar-refractivity contribution in [2.45, 2.75) is 33.4 Å². The highest BCUT2D eigenvalue weighted by molar-refractivity contribution is 6.31. The van der Waals surface area contributed by atoms with E-state index >= 15 is 0 Å². The van der Waals surface area contributed by atoms with Gasteiger partial charge in [0.05, 0.1) is 23.5 Å². The molecule has 0 aliphatic rings. The molecule has 1 heterocycles.